The van der Waals surface area contributed by atoms with Gasteiger partial charge in [0.15, 0.2) is 0 Å². The standard InChI is InChI=1S/C23H25ClN2O2/c1-23(22(28)25-15-16-10-12-18(24)13-11-16)14-17-6-2-5-9-20(17)21(27)26(23)19-7-3-4-8-19/h2,5-6,9-13,19H,3-4,7-8,14-15H2,1H3,(H,25,28)/t23-/m1/s1. The first-order valence-corrected chi connectivity index (χ1v) is 10.3. The van der Waals surface area contributed by atoms with E-state index < -0.39 is 5.54 Å². The molecule has 2 aromatic rings. The molecule has 0 saturated heterocycles. The molecule has 1 fully saturated rings. The first kappa shape index (κ1) is 19.0. The number of amides is 2. The number of hydrogen-bond acceptors (Lipinski definition) is 2. The van der Waals surface area contributed by atoms with Crippen molar-refractivity contribution in [1.82, 2.24) is 10.2 Å². The minimum Gasteiger partial charge on any atom is -0.350 e. The Morgan fingerprint density at radius 3 is 2.54 bits per heavy atom. The Kier molecular flexibility index (Phi) is 5.15. The predicted molar refractivity (Wildman–Crippen MR) is 110 cm³/mol. The third-order valence-electron chi connectivity index (χ3n) is 6.08. The Hall–Kier alpha value is -2.33. The zero-order valence-electron chi connectivity index (χ0n) is 16.1. The average molecular weight is 397 g/mol. The van der Waals surface area contributed by atoms with Gasteiger partial charge >= 0.3 is 0 Å². The largest absolute Gasteiger partial charge is 0.350 e. The molecule has 5 heteroatoms. The highest BCUT2D eigenvalue weighted by Crippen LogP contribution is 2.37. The highest BCUT2D eigenvalue weighted by molar-refractivity contribution is 6.30. The minimum absolute atomic E-state index is 0.0158. The number of nitrogens with one attached hydrogen (secondary N) is 1. The molecule has 1 N–H and O–H groups in total. The van der Waals surface area contributed by atoms with E-state index in [0.717, 1.165) is 42.4 Å². The van der Waals surface area contributed by atoms with E-state index in [1.165, 1.54) is 0 Å². The molecule has 4 rings (SSSR count). The molecule has 0 unspecified atom stereocenters. The van der Waals surface area contributed by atoms with E-state index >= 15 is 0 Å². The molecule has 2 aromatic carbocycles. The van der Waals surface area contributed by atoms with Crippen LogP contribution in [0.4, 0.5) is 0 Å². The summed E-state index contributed by atoms with van der Waals surface area (Å²) < 4.78 is 0. The minimum atomic E-state index is -0.882. The lowest BCUT2D eigenvalue weighted by atomic mass is 9.81. The SMILES string of the molecule is C[C@]1(C(=O)NCc2ccc(Cl)cc2)Cc2ccccc2C(=O)N1C1CCCC1. The molecule has 0 spiro atoms. The molecule has 2 amide bonds. The number of benzene rings is 2. The van der Waals surface area contributed by atoms with Gasteiger partial charge in [0, 0.05) is 29.6 Å². The van der Waals surface area contributed by atoms with Crippen LogP contribution in [-0.2, 0) is 17.8 Å². The van der Waals surface area contributed by atoms with Crippen molar-refractivity contribution in [2.75, 3.05) is 0 Å². The Morgan fingerprint density at radius 1 is 1.14 bits per heavy atom. The normalized spacial score (nSPS) is 22.2. The van der Waals surface area contributed by atoms with Crippen molar-refractivity contribution in [2.24, 2.45) is 0 Å². The monoisotopic (exact) mass is 396 g/mol. The Morgan fingerprint density at radius 2 is 1.82 bits per heavy atom. The van der Waals surface area contributed by atoms with Gasteiger partial charge in [-0.1, -0.05) is 54.8 Å². The second-order valence-corrected chi connectivity index (χ2v) is 8.47. The van der Waals surface area contributed by atoms with Gasteiger partial charge in [-0.25, -0.2) is 0 Å². The summed E-state index contributed by atoms with van der Waals surface area (Å²) in [7, 11) is 0. The van der Waals surface area contributed by atoms with Crippen LogP contribution in [0.15, 0.2) is 48.5 Å². The van der Waals surface area contributed by atoms with E-state index in [2.05, 4.69) is 5.32 Å². The van der Waals surface area contributed by atoms with E-state index in [9.17, 15) is 9.59 Å². The second kappa shape index (κ2) is 7.59. The summed E-state index contributed by atoms with van der Waals surface area (Å²) in [6.07, 6.45) is 4.69. The summed E-state index contributed by atoms with van der Waals surface area (Å²) in [6, 6.07) is 15.2. The first-order chi connectivity index (χ1) is 13.5. The van der Waals surface area contributed by atoms with E-state index in [-0.39, 0.29) is 17.9 Å². The lowest BCUT2D eigenvalue weighted by Gasteiger charge is -2.47. The zero-order chi connectivity index (χ0) is 19.7. The molecule has 4 nitrogen and oxygen atoms in total. The van der Waals surface area contributed by atoms with Crippen LogP contribution in [0, 0.1) is 0 Å². The number of carbonyl (C=O) groups excluding carboxylic acids is 2. The van der Waals surface area contributed by atoms with Gasteiger partial charge in [-0.3, -0.25) is 9.59 Å². The summed E-state index contributed by atoms with van der Waals surface area (Å²) in [5.41, 5.74) is 1.78. The maximum absolute atomic E-state index is 13.4. The van der Waals surface area contributed by atoms with Crippen molar-refractivity contribution in [2.45, 2.75) is 57.2 Å². The van der Waals surface area contributed by atoms with Crippen molar-refractivity contribution in [1.29, 1.82) is 0 Å². The summed E-state index contributed by atoms with van der Waals surface area (Å²) in [4.78, 5) is 28.6. The third-order valence-corrected chi connectivity index (χ3v) is 6.33. The number of carbonyl (C=O) groups is 2. The maximum atomic E-state index is 13.4. The van der Waals surface area contributed by atoms with Crippen LogP contribution < -0.4 is 5.32 Å². The molecule has 1 saturated carbocycles. The molecule has 0 radical (unpaired) electrons. The van der Waals surface area contributed by atoms with Crippen LogP contribution in [0.2, 0.25) is 5.02 Å². The molecule has 0 aromatic heterocycles. The molecule has 0 bridgehead atoms. The first-order valence-electron chi connectivity index (χ1n) is 9.93. The van der Waals surface area contributed by atoms with Crippen LogP contribution in [0.1, 0.15) is 54.1 Å². The van der Waals surface area contributed by atoms with Crippen LogP contribution in [0.5, 0.6) is 0 Å². The lowest BCUT2D eigenvalue weighted by molar-refractivity contribution is -0.133. The van der Waals surface area contributed by atoms with Gasteiger partial charge in [-0.2, -0.15) is 0 Å². The quantitative estimate of drug-likeness (QED) is 0.834. The fourth-order valence-electron chi connectivity index (χ4n) is 4.59. The predicted octanol–water partition coefficient (Wildman–Crippen LogP) is 4.36. The molecular formula is C23H25ClN2O2. The van der Waals surface area contributed by atoms with Gasteiger partial charge in [0.05, 0.1) is 0 Å². The van der Waals surface area contributed by atoms with E-state index in [1.54, 1.807) is 0 Å². The van der Waals surface area contributed by atoms with Gasteiger partial charge in [0.2, 0.25) is 5.91 Å². The van der Waals surface area contributed by atoms with Gasteiger partial charge in [0.25, 0.3) is 5.91 Å². The molecule has 1 heterocycles. The van der Waals surface area contributed by atoms with Gasteiger partial charge in [-0.05, 0) is 49.1 Å². The number of fused-ring (bicyclic) bond motifs is 1. The van der Waals surface area contributed by atoms with Crippen LogP contribution in [-0.4, -0.2) is 28.3 Å². The van der Waals surface area contributed by atoms with Crippen molar-refractivity contribution < 1.29 is 9.59 Å². The zero-order valence-corrected chi connectivity index (χ0v) is 16.8. The Bertz CT molecular complexity index is 890. The highest BCUT2D eigenvalue weighted by Gasteiger charge is 2.49. The van der Waals surface area contributed by atoms with Gasteiger partial charge in [-0.15, -0.1) is 0 Å². The van der Waals surface area contributed by atoms with Crippen LogP contribution in [0.3, 0.4) is 0 Å². The summed E-state index contributed by atoms with van der Waals surface area (Å²) in [5.74, 6) is -0.116. The Balaban J connectivity index is 1.62. The molecule has 1 aliphatic heterocycles. The number of hydrogen-bond donors (Lipinski definition) is 1. The number of halogens is 1. The summed E-state index contributed by atoms with van der Waals surface area (Å²) >= 11 is 5.94. The van der Waals surface area contributed by atoms with Crippen LogP contribution in [0.25, 0.3) is 0 Å². The number of nitrogens with zero attached hydrogens (tertiary/aromatic N) is 1. The van der Waals surface area contributed by atoms with Crippen molar-refractivity contribution in [3.8, 4) is 0 Å². The third kappa shape index (κ3) is 3.42. The second-order valence-electron chi connectivity index (χ2n) is 8.03. The van der Waals surface area contributed by atoms with Crippen molar-refractivity contribution >= 4 is 23.4 Å². The lowest BCUT2D eigenvalue weighted by Crippen LogP contribution is -2.64. The smallest absolute Gasteiger partial charge is 0.255 e. The van der Waals surface area contributed by atoms with Crippen molar-refractivity contribution in [3.63, 3.8) is 0 Å². The maximum Gasteiger partial charge on any atom is 0.255 e. The molecule has 1 atom stereocenters. The van der Waals surface area contributed by atoms with Gasteiger partial charge < -0.3 is 10.2 Å². The van der Waals surface area contributed by atoms with E-state index in [4.69, 9.17) is 11.6 Å². The molecule has 1 aliphatic carbocycles. The topological polar surface area (TPSA) is 49.4 Å². The fourth-order valence-corrected chi connectivity index (χ4v) is 4.71. The highest BCUT2D eigenvalue weighted by atomic mass is 35.5. The summed E-state index contributed by atoms with van der Waals surface area (Å²) in [6.45, 7) is 2.33. The number of rotatable bonds is 4. The van der Waals surface area contributed by atoms with E-state index in [0.29, 0.717) is 18.0 Å². The molecular weight excluding hydrogens is 372 g/mol. The average Bonchev–Trinajstić information content (AvgIpc) is 3.21. The molecule has 2 aliphatic rings. The van der Waals surface area contributed by atoms with Crippen molar-refractivity contribution in [3.05, 3.63) is 70.2 Å². The molecule has 28 heavy (non-hydrogen) atoms. The van der Waals surface area contributed by atoms with Crippen LogP contribution >= 0.6 is 11.6 Å². The Labute approximate surface area is 170 Å². The summed E-state index contributed by atoms with van der Waals surface area (Å²) in [5, 5.41) is 3.73. The van der Waals surface area contributed by atoms with Gasteiger partial charge in [0.1, 0.15) is 5.54 Å². The fraction of sp³-hybridized carbons (Fsp3) is 0.391. The van der Waals surface area contributed by atoms with E-state index in [1.807, 2.05) is 60.4 Å². The molecule has 146 valence electrons.